The molecule has 7 rings (SSSR count). The van der Waals surface area contributed by atoms with Crippen LogP contribution in [0.3, 0.4) is 0 Å². The van der Waals surface area contributed by atoms with E-state index in [1.807, 2.05) is 43.3 Å². The molecule has 4 unspecified atom stereocenters. The van der Waals surface area contributed by atoms with Gasteiger partial charge < -0.3 is 10.6 Å². The van der Waals surface area contributed by atoms with Crippen LogP contribution in [-0.4, -0.2) is 40.0 Å². The van der Waals surface area contributed by atoms with Gasteiger partial charge in [-0.05, 0) is 44.0 Å². The van der Waals surface area contributed by atoms with Gasteiger partial charge in [0.05, 0.1) is 10.8 Å². The van der Waals surface area contributed by atoms with Crippen molar-refractivity contribution in [2.45, 2.75) is 36.8 Å². The Morgan fingerprint density at radius 2 is 1.74 bits per heavy atom. The number of non-ortho nitro benzene ring substituents is 1. The lowest BCUT2D eigenvalue weighted by atomic mass is 9.57. The number of carbonyl (C=O) groups excluding carboxylic acids is 3. The van der Waals surface area contributed by atoms with Crippen molar-refractivity contribution in [1.29, 1.82) is 0 Å². The molecule has 0 bridgehead atoms. The van der Waals surface area contributed by atoms with Crippen LogP contribution in [0.1, 0.15) is 39.9 Å². The lowest BCUT2D eigenvalue weighted by Gasteiger charge is -2.43. The van der Waals surface area contributed by atoms with Gasteiger partial charge in [-0.1, -0.05) is 48.0 Å². The smallest absolute Gasteiger partial charge is 0.270 e. The summed E-state index contributed by atoms with van der Waals surface area (Å²) >= 11 is 0. The monoisotopic (exact) mass is 508 g/mol. The third-order valence-corrected chi connectivity index (χ3v) is 8.88. The van der Waals surface area contributed by atoms with Gasteiger partial charge in [0.2, 0.25) is 5.91 Å². The van der Waals surface area contributed by atoms with Crippen LogP contribution in [0, 0.1) is 23.0 Å². The minimum absolute atomic E-state index is 0.160. The fourth-order valence-corrected chi connectivity index (χ4v) is 7.64. The van der Waals surface area contributed by atoms with Gasteiger partial charge in [0.1, 0.15) is 11.0 Å². The number of nitro benzene ring substituents is 1. The van der Waals surface area contributed by atoms with Gasteiger partial charge in [-0.15, -0.1) is 0 Å². The molecule has 190 valence electrons. The van der Waals surface area contributed by atoms with E-state index in [0.717, 1.165) is 12.0 Å². The summed E-state index contributed by atoms with van der Waals surface area (Å²) < 4.78 is 0. The van der Waals surface area contributed by atoms with E-state index in [4.69, 9.17) is 0 Å². The maximum atomic E-state index is 14.5. The number of amides is 2. The first-order valence-electron chi connectivity index (χ1n) is 12.7. The highest BCUT2D eigenvalue weighted by Gasteiger charge is 2.81. The predicted molar refractivity (Wildman–Crippen MR) is 139 cm³/mol. The molecular formula is C29H24N4O5. The zero-order valence-electron chi connectivity index (χ0n) is 20.6. The zero-order valence-corrected chi connectivity index (χ0v) is 20.6. The highest BCUT2D eigenvalue weighted by atomic mass is 16.6. The Labute approximate surface area is 218 Å². The van der Waals surface area contributed by atoms with Crippen molar-refractivity contribution in [3.05, 3.63) is 99.1 Å². The molecule has 4 heterocycles. The largest absolute Gasteiger partial charge is 0.325 e. The summed E-state index contributed by atoms with van der Waals surface area (Å²) in [5.41, 5.74) is 0.375. The van der Waals surface area contributed by atoms with Crippen LogP contribution < -0.4 is 10.6 Å². The Bertz CT molecular complexity index is 1600. The summed E-state index contributed by atoms with van der Waals surface area (Å²) in [4.78, 5) is 56.4. The Kier molecular flexibility index (Phi) is 4.55. The molecule has 38 heavy (non-hydrogen) atoms. The average molecular weight is 509 g/mol. The maximum Gasteiger partial charge on any atom is 0.270 e. The number of carbonyl (C=O) groups is 3. The van der Waals surface area contributed by atoms with Crippen LogP contribution in [-0.2, 0) is 20.5 Å². The lowest BCUT2D eigenvalue weighted by Crippen LogP contribution is -2.62. The minimum Gasteiger partial charge on any atom is -0.325 e. The molecule has 2 fully saturated rings. The number of fused-ring (bicyclic) bond motifs is 7. The van der Waals surface area contributed by atoms with Crippen LogP contribution in [0.25, 0.3) is 0 Å². The second kappa shape index (κ2) is 7.58. The van der Waals surface area contributed by atoms with E-state index < -0.39 is 33.7 Å². The number of rotatable bonds is 3. The summed E-state index contributed by atoms with van der Waals surface area (Å²) in [6, 6.07) is 18.2. The number of anilines is 2. The number of Topliss-reactive ketones (excluding diaryl/α,β-unsaturated/α-hetero) is 1. The summed E-state index contributed by atoms with van der Waals surface area (Å²) in [5, 5.41) is 17.6. The average Bonchev–Trinajstić information content (AvgIpc) is 3.62. The number of hydrogen-bond acceptors (Lipinski definition) is 6. The van der Waals surface area contributed by atoms with Gasteiger partial charge in [-0.3, -0.25) is 29.4 Å². The van der Waals surface area contributed by atoms with E-state index in [9.17, 15) is 24.5 Å². The van der Waals surface area contributed by atoms with Gasteiger partial charge in [0, 0.05) is 40.7 Å². The Balaban J connectivity index is 1.57. The minimum atomic E-state index is -1.57. The van der Waals surface area contributed by atoms with E-state index in [0.29, 0.717) is 35.5 Å². The Morgan fingerprint density at radius 1 is 0.974 bits per heavy atom. The predicted octanol–water partition coefficient (Wildman–Crippen LogP) is 3.92. The number of ketones is 1. The maximum absolute atomic E-state index is 14.5. The molecule has 4 aliphatic heterocycles. The number of hydrogen-bond donors (Lipinski definition) is 2. The number of para-hydroxylation sites is 1. The molecule has 3 aromatic rings. The molecule has 0 aromatic heterocycles. The Hall–Kier alpha value is -4.37. The fraction of sp³-hybridized carbons (Fsp3) is 0.276. The van der Waals surface area contributed by atoms with Crippen molar-refractivity contribution in [3.63, 3.8) is 0 Å². The first kappa shape index (κ1) is 22.8. The van der Waals surface area contributed by atoms with E-state index in [1.165, 1.54) is 18.2 Å². The highest BCUT2D eigenvalue weighted by Crippen LogP contribution is 2.67. The third kappa shape index (κ3) is 2.51. The quantitative estimate of drug-likeness (QED) is 0.314. The lowest BCUT2D eigenvalue weighted by molar-refractivity contribution is -0.384. The molecule has 0 radical (unpaired) electrons. The fourth-order valence-electron chi connectivity index (χ4n) is 7.64. The summed E-state index contributed by atoms with van der Waals surface area (Å²) in [6.07, 6.45) is 1.39. The standard InChI is InChI=1S/C29H24N4O5/c1-16-11-12-22-20(14-16)29(27(36)31-22)28(19-8-2-3-9-21(19)30-26(28)35)24(23-10-5-13-32(23)29)25(34)17-6-4-7-18(15-17)33(37)38/h2-4,6-9,11-12,14-15,23-24H,5,10,13H2,1H3,(H,30,35)(H,31,36). The molecule has 9 nitrogen and oxygen atoms in total. The summed E-state index contributed by atoms with van der Waals surface area (Å²) in [5.74, 6) is -2.04. The molecule has 2 spiro atoms. The van der Waals surface area contributed by atoms with Crippen molar-refractivity contribution < 1.29 is 19.3 Å². The van der Waals surface area contributed by atoms with E-state index in [2.05, 4.69) is 15.5 Å². The molecule has 0 aliphatic carbocycles. The van der Waals surface area contributed by atoms with Crippen LogP contribution in [0.2, 0.25) is 0 Å². The molecule has 4 aliphatic rings. The first-order valence-corrected chi connectivity index (χ1v) is 12.7. The molecule has 2 amide bonds. The van der Waals surface area contributed by atoms with E-state index >= 15 is 0 Å². The molecule has 2 N–H and O–H groups in total. The Morgan fingerprint density at radius 3 is 2.55 bits per heavy atom. The highest BCUT2D eigenvalue weighted by molar-refractivity contribution is 6.21. The van der Waals surface area contributed by atoms with Gasteiger partial charge in [-0.2, -0.15) is 0 Å². The van der Waals surface area contributed by atoms with E-state index in [1.54, 1.807) is 12.1 Å². The van der Waals surface area contributed by atoms with Gasteiger partial charge in [-0.25, -0.2) is 0 Å². The van der Waals surface area contributed by atoms with Crippen molar-refractivity contribution in [1.82, 2.24) is 4.90 Å². The molecular weight excluding hydrogens is 484 g/mol. The summed E-state index contributed by atoms with van der Waals surface area (Å²) in [7, 11) is 0. The van der Waals surface area contributed by atoms with Crippen molar-refractivity contribution >= 4 is 34.7 Å². The number of nitrogens with one attached hydrogen (secondary N) is 2. The van der Waals surface area contributed by atoms with Crippen molar-refractivity contribution in [3.8, 4) is 0 Å². The third-order valence-electron chi connectivity index (χ3n) is 8.88. The van der Waals surface area contributed by atoms with E-state index in [-0.39, 0.29) is 22.9 Å². The summed E-state index contributed by atoms with van der Waals surface area (Å²) in [6.45, 7) is 2.48. The first-order chi connectivity index (χ1) is 18.3. The van der Waals surface area contributed by atoms with Gasteiger partial charge >= 0.3 is 0 Å². The van der Waals surface area contributed by atoms with Crippen molar-refractivity contribution in [2.75, 3.05) is 17.2 Å². The second-order valence-electron chi connectivity index (χ2n) is 10.6. The number of nitrogens with zero attached hydrogens (tertiary/aromatic N) is 2. The molecule has 9 heteroatoms. The number of nitro groups is 1. The van der Waals surface area contributed by atoms with Gasteiger partial charge in [0.25, 0.3) is 11.6 Å². The SMILES string of the molecule is Cc1ccc2c(c1)C1(C(=O)N2)N2CCCC2C(C(=O)c2cccc([N+](=O)[O-])c2)C12C(=O)Nc1ccccc12. The topological polar surface area (TPSA) is 122 Å². The zero-order chi connectivity index (χ0) is 26.4. The van der Waals surface area contributed by atoms with Crippen LogP contribution in [0.5, 0.6) is 0 Å². The van der Waals surface area contributed by atoms with Crippen molar-refractivity contribution in [2.24, 2.45) is 5.92 Å². The van der Waals surface area contributed by atoms with Crippen LogP contribution in [0.4, 0.5) is 17.1 Å². The normalized spacial score (nSPS) is 28.8. The molecule has 3 aromatic carbocycles. The van der Waals surface area contributed by atoms with Crippen LogP contribution >= 0.6 is 0 Å². The molecule has 4 atom stereocenters. The molecule has 0 saturated carbocycles. The number of benzene rings is 3. The van der Waals surface area contributed by atoms with Crippen LogP contribution in [0.15, 0.2) is 66.7 Å². The number of aryl methyl sites for hydroxylation is 1. The molecule has 2 saturated heterocycles. The second-order valence-corrected chi connectivity index (χ2v) is 10.6. The van der Waals surface area contributed by atoms with Gasteiger partial charge in [0.15, 0.2) is 5.78 Å².